The second kappa shape index (κ2) is 6.89. The summed E-state index contributed by atoms with van der Waals surface area (Å²) in [5.74, 6) is 0. The number of hydrogen-bond donors (Lipinski definition) is 2. The second-order valence-electron chi connectivity index (χ2n) is 5.16. The van der Waals surface area contributed by atoms with Gasteiger partial charge in [0.05, 0.1) is 4.90 Å². The molecule has 20 heavy (non-hydrogen) atoms. The molecule has 2 N–H and O–H groups in total. The molecule has 0 aromatic heterocycles. The fourth-order valence-corrected chi connectivity index (χ4v) is 3.69. The molecule has 0 saturated heterocycles. The second-order valence-corrected chi connectivity index (χ2v) is 7.25. The summed E-state index contributed by atoms with van der Waals surface area (Å²) in [5.41, 5.74) is 0.441. The van der Waals surface area contributed by atoms with Crippen molar-refractivity contribution in [2.24, 2.45) is 0 Å². The van der Waals surface area contributed by atoms with E-state index in [4.69, 9.17) is 11.6 Å². The van der Waals surface area contributed by atoms with Crippen LogP contribution >= 0.6 is 11.6 Å². The minimum absolute atomic E-state index is 0.204. The van der Waals surface area contributed by atoms with Gasteiger partial charge in [0.2, 0.25) is 10.0 Å². The quantitative estimate of drug-likeness (QED) is 0.812. The Bertz CT molecular complexity index is 554. The minimum Gasteiger partial charge on any atom is -0.316 e. The first-order chi connectivity index (χ1) is 9.28. The first kappa shape index (κ1) is 17.4. The molecule has 0 unspecified atom stereocenters. The molecule has 6 heteroatoms. The van der Waals surface area contributed by atoms with Crippen LogP contribution in [0.25, 0.3) is 0 Å². The van der Waals surface area contributed by atoms with Crippen LogP contribution in [0, 0.1) is 0 Å². The first-order valence-electron chi connectivity index (χ1n) is 6.75. The van der Waals surface area contributed by atoms with Crippen LogP contribution in [0.5, 0.6) is 0 Å². The van der Waals surface area contributed by atoms with E-state index < -0.39 is 15.6 Å². The van der Waals surface area contributed by atoms with Crippen LogP contribution in [0.2, 0.25) is 5.02 Å². The summed E-state index contributed by atoms with van der Waals surface area (Å²) in [6.07, 6.45) is 1.46. The molecular formula is C14H23ClN2O2S. The molecule has 1 rings (SSSR count). The summed E-state index contributed by atoms with van der Waals surface area (Å²) in [7, 11) is -1.74. The fraction of sp³-hybridized carbons (Fsp3) is 0.571. The molecule has 0 aliphatic rings. The zero-order chi connectivity index (χ0) is 15.4. The molecule has 0 spiro atoms. The molecule has 0 fully saturated rings. The number of sulfonamides is 1. The lowest BCUT2D eigenvalue weighted by Crippen LogP contribution is -2.44. The van der Waals surface area contributed by atoms with Crippen LogP contribution < -0.4 is 10.0 Å². The molecule has 0 amide bonds. The van der Waals surface area contributed by atoms with Gasteiger partial charge in [-0.1, -0.05) is 31.5 Å². The van der Waals surface area contributed by atoms with Crippen LogP contribution in [0.1, 0.15) is 39.2 Å². The Morgan fingerprint density at radius 1 is 1.25 bits per heavy atom. The maximum absolute atomic E-state index is 12.4. The van der Waals surface area contributed by atoms with Gasteiger partial charge in [0.25, 0.3) is 0 Å². The molecule has 114 valence electrons. The van der Waals surface area contributed by atoms with E-state index in [1.54, 1.807) is 12.1 Å². The summed E-state index contributed by atoms with van der Waals surface area (Å²) >= 11 is 6.12. The Morgan fingerprint density at radius 3 is 2.30 bits per heavy atom. The normalized spacial score (nSPS) is 12.7. The smallest absolute Gasteiger partial charge is 0.241 e. The van der Waals surface area contributed by atoms with E-state index in [0.717, 1.165) is 18.4 Å². The highest BCUT2D eigenvalue weighted by molar-refractivity contribution is 7.89. The van der Waals surface area contributed by atoms with Crippen molar-refractivity contribution in [2.45, 2.75) is 50.6 Å². The molecule has 0 aliphatic heterocycles. The van der Waals surface area contributed by atoms with Crippen molar-refractivity contribution >= 4 is 21.6 Å². The van der Waals surface area contributed by atoms with Crippen molar-refractivity contribution in [1.82, 2.24) is 10.0 Å². The third kappa shape index (κ3) is 4.19. The van der Waals surface area contributed by atoms with E-state index in [1.165, 1.54) is 6.07 Å². The molecule has 0 radical (unpaired) electrons. The third-order valence-corrected chi connectivity index (χ3v) is 5.63. The van der Waals surface area contributed by atoms with Gasteiger partial charge in [0.1, 0.15) is 0 Å². The van der Waals surface area contributed by atoms with Gasteiger partial charge in [-0.25, -0.2) is 13.1 Å². The Hall–Kier alpha value is -0.620. The monoisotopic (exact) mass is 318 g/mol. The number of nitrogens with one attached hydrogen (secondary N) is 2. The lowest BCUT2D eigenvalue weighted by atomic mass is 9.98. The summed E-state index contributed by atoms with van der Waals surface area (Å²) in [6.45, 7) is 6.44. The van der Waals surface area contributed by atoms with Crippen LogP contribution in [0.3, 0.4) is 0 Å². The van der Waals surface area contributed by atoms with Crippen LogP contribution in [0.4, 0.5) is 0 Å². The highest BCUT2D eigenvalue weighted by Gasteiger charge is 2.27. The zero-order valence-corrected chi connectivity index (χ0v) is 14.0. The van der Waals surface area contributed by atoms with Crippen molar-refractivity contribution < 1.29 is 8.42 Å². The summed E-state index contributed by atoms with van der Waals surface area (Å²) in [5, 5.41) is 3.45. The number of rotatable bonds is 7. The first-order valence-corrected chi connectivity index (χ1v) is 8.61. The maximum atomic E-state index is 12.4. The van der Waals surface area contributed by atoms with E-state index in [0.29, 0.717) is 11.6 Å². The van der Waals surface area contributed by atoms with E-state index in [-0.39, 0.29) is 4.90 Å². The zero-order valence-electron chi connectivity index (χ0n) is 12.5. The van der Waals surface area contributed by atoms with Gasteiger partial charge in [0.15, 0.2) is 0 Å². The standard InChI is InChI=1S/C14H23ClN2O2S/c1-5-14(3,6-2)17-20(18,19)12-8-7-11(10-16-4)13(15)9-12/h7-9,16-17H,5-6,10H2,1-4H3. The third-order valence-electron chi connectivity index (χ3n) is 3.64. The lowest BCUT2D eigenvalue weighted by molar-refractivity contribution is 0.388. The van der Waals surface area contributed by atoms with Gasteiger partial charge in [-0.05, 0) is 44.5 Å². The summed E-state index contributed by atoms with van der Waals surface area (Å²) in [4.78, 5) is 0.204. The molecule has 0 atom stereocenters. The predicted octanol–water partition coefficient (Wildman–Crippen LogP) is 2.92. The molecule has 0 bridgehead atoms. The topological polar surface area (TPSA) is 58.2 Å². The predicted molar refractivity (Wildman–Crippen MR) is 83.5 cm³/mol. The number of halogens is 1. The molecular weight excluding hydrogens is 296 g/mol. The average molecular weight is 319 g/mol. The van der Waals surface area contributed by atoms with Gasteiger partial charge in [-0.3, -0.25) is 0 Å². The van der Waals surface area contributed by atoms with Crippen molar-refractivity contribution in [3.05, 3.63) is 28.8 Å². The Balaban J connectivity index is 3.07. The van der Waals surface area contributed by atoms with Gasteiger partial charge >= 0.3 is 0 Å². The van der Waals surface area contributed by atoms with Gasteiger partial charge in [0, 0.05) is 17.1 Å². The average Bonchev–Trinajstić information content (AvgIpc) is 2.40. The van der Waals surface area contributed by atoms with Crippen molar-refractivity contribution in [1.29, 1.82) is 0 Å². The molecule has 0 saturated carbocycles. The van der Waals surface area contributed by atoms with E-state index in [1.807, 2.05) is 27.8 Å². The highest BCUT2D eigenvalue weighted by Crippen LogP contribution is 2.23. The van der Waals surface area contributed by atoms with Crippen molar-refractivity contribution in [3.8, 4) is 0 Å². The Labute approximate surface area is 127 Å². The van der Waals surface area contributed by atoms with Crippen LogP contribution in [0.15, 0.2) is 23.1 Å². The van der Waals surface area contributed by atoms with Gasteiger partial charge < -0.3 is 5.32 Å². The molecule has 4 nitrogen and oxygen atoms in total. The SMILES string of the molecule is CCC(C)(CC)NS(=O)(=O)c1ccc(CNC)c(Cl)c1. The molecule has 1 aromatic carbocycles. The molecule has 1 aromatic rings. The molecule has 0 aliphatic carbocycles. The van der Waals surface area contributed by atoms with Crippen LogP contribution in [-0.2, 0) is 16.6 Å². The summed E-state index contributed by atoms with van der Waals surface area (Å²) < 4.78 is 27.6. The highest BCUT2D eigenvalue weighted by atomic mass is 35.5. The fourth-order valence-electron chi connectivity index (χ4n) is 1.81. The number of hydrogen-bond acceptors (Lipinski definition) is 3. The Kier molecular flexibility index (Phi) is 6.01. The number of benzene rings is 1. The molecule has 0 heterocycles. The largest absolute Gasteiger partial charge is 0.316 e. The van der Waals surface area contributed by atoms with E-state index in [2.05, 4.69) is 10.0 Å². The summed E-state index contributed by atoms with van der Waals surface area (Å²) in [6, 6.07) is 4.83. The maximum Gasteiger partial charge on any atom is 0.241 e. The van der Waals surface area contributed by atoms with Gasteiger partial charge in [-0.2, -0.15) is 0 Å². The van der Waals surface area contributed by atoms with Gasteiger partial charge in [-0.15, -0.1) is 0 Å². The van der Waals surface area contributed by atoms with E-state index in [9.17, 15) is 8.42 Å². The van der Waals surface area contributed by atoms with Crippen molar-refractivity contribution in [3.63, 3.8) is 0 Å². The minimum atomic E-state index is -3.55. The Morgan fingerprint density at radius 2 is 1.85 bits per heavy atom. The lowest BCUT2D eigenvalue weighted by Gasteiger charge is -2.27. The van der Waals surface area contributed by atoms with Crippen molar-refractivity contribution in [2.75, 3.05) is 7.05 Å². The van der Waals surface area contributed by atoms with E-state index >= 15 is 0 Å². The van der Waals surface area contributed by atoms with Crippen LogP contribution in [-0.4, -0.2) is 21.0 Å².